The zero-order valence-electron chi connectivity index (χ0n) is 13.0. The van der Waals surface area contributed by atoms with Crippen molar-refractivity contribution >= 4 is 24.0 Å². The molecule has 0 radical (unpaired) electrons. The van der Waals surface area contributed by atoms with Crippen molar-refractivity contribution in [3.63, 3.8) is 0 Å². The highest BCUT2D eigenvalue weighted by Gasteiger charge is 2.23. The molecule has 0 bridgehead atoms. The van der Waals surface area contributed by atoms with Crippen LogP contribution in [0.2, 0.25) is 5.02 Å². The molecule has 2 aromatic carbocycles. The Balaban J connectivity index is 0.00000264. The van der Waals surface area contributed by atoms with E-state index < -0.39 is 12.1 Å². The van der Waals surface area contributed by atoms with Crippen molar-refractivity contribution in [1.29, 1.82) is 0 Å². The molecular formula is C17H21Cl2NO3. The molecule has 0 saturated carbocycles. The molecule has 0 amide bonds. The van der Waals surface area contributed by atoms with Crippen molar-refractivity contribution in [3.05, 3.63) is 58.6 Å². The van der Waals surface area contributed by atoms with Crippen molar-refractivity contribution in [2.24, 2.45) is 5.73 Å². The van der Waals surface area contributed by atoms with Crippen molar-refractivity contribution < 1.29 is 14.6 Å². The summed E-state index contributed by atoms with van der Waals surface area (Å²) in [7, 11) is 3.05. The average Bonchev–Trinajstić information content (AvgIpc) is 2.54. The number of methoxy groups -OCH3 is 2. The van der Waals surface area contributed by atoms with Gasteiger partial charge in [0.15, 0.2) is 11.5 Å². The molecule has 0 aliphatic heterocycles. The summed E-state index contributed by atoms with van der Waals surface area (Å²) in [5.41, 5.74) is 7.81. The van der Waals surface area contributed by atoms with Crippen LogP contribution in [-0.4, -0.2) is 25.4 Å². The van der Waals surface area contributed by atoms with Crippen LogP contribution in [0.5, 0.6) is 11.5 Å². The van der Waals surface area contributed by atoms with Gasteiger partial charge >= 0.3 is 0 Å². The third kappa shape index (κ3) is 4.52. The Morgan fingerprint density at radius 2 is 1.74 bits per heavy atom. The van der Waals surface area contributed by atoms with E-state index in [2.05, 4.69) is 0 Å². The molecule has 0 unspecified atom stereocenters. The van der Waals surface area contributed by atoms with Crippen LogP contribution >= 0.6 is 24.0 Å². The second-order valence-corrected chi connectivity index (χ2v) is 5.37. The number of hydrogen-bond acceptors (Lipinski definition) is 4. The Labute approximate surface area is 147 Å². The van der Waals surface area contributed by atoms with Gasteiger partial charge in [-0.15, -0.1) is 12.4 Å². The van der Waals surface area contributed by atoms with Gasteiger partial charge in [-0.05, 0) is 17.2 Å². The van der Waals surface area contributed by atoms with E-state index in [1.165, 1.54) is 14.2 Å². The zero-order valence-corrected chi connectivity index (χ0v) is 14.6. The maximum atomic E-state index is 10.4. The minimum absolute atomic E-state index is 0. The molecular weight excluding hydrogens is 337 g/mol. The summed E-state index contributed by atoms with van der Waals surface area (Å²) < 4.78 is 10.5. The molecule has 4 nitrogen and oxygen atoms in total. The summed E-state index contributed by atoms with van der Waals surface area (Å²) >= 11 is 6.34. The van der Waals surface area contributed by atoms with Crippen LogP contribution in [0.25, 0.3) is 0 Å². The summed E-state index contributed by atoms with van der Waals surface area (Å²) in [4.78, 5) is 0. The van der Waals surface area contributed by atoms with Gasteiger partial charge < -0.3 is 20.3 Å². The van der Waals surface area contributed by atoms with E-state index in [0.29, 0.717) is 28.5 Å². The molecule has 0 aliphatic carbocycles. The molecule has 0 aromatic heterocycles. The predicted octanol–water partition coefficient (Wildman–Crippen LogP) is 3.38. The van der Waals surface area contributed by atoms with Gasteiger partial charge in [0.05, 0.1) is 31.4 Å². The highest BCUT2D eigenvalue weighted by Crippen LogP contribution is 2.39. The van der Waals surface area contributed by atoms with E-state index in [1.54, 1.807) is 12.1 Å². The second-order valence-electron chi connectivity index (χ2n) is 4.99. The molecule has 0 aliphatic rings. The SMILES string of the molecule is COc1ccc([C@H](N)[C@H](O)Cc2ccccc2)c(Cl)c1OC.Cl. The van der Waals surface area contributed by atoms with E-state index in [4.69, 9.17) is 26.8 Å². The van der Waals surface area contributed by atoms with Gasteiger partial charge in [-0.1, -0.05) is 48.0 Å². The third-order valence-electron chi connectivity index (χ3n) is 3.58. The lowest BCUT2D eigenvalue weighted by Crippen LogP contribution is -2.28. The quantitative estimate of drug-likeness (QED) is 0.831. The van der Waals surface area contributed by atoms with Crippen LogP contribution in [0.4, 0.5) is 0 Å². The van der Waals surface area contributed by atoms with Gasteiger partial charge in [0.1, 0.15) is 0 Å². The maximum absolute atomic E-state index is 10.4. The maximum Gasteiger partial charge on any atom is 0.179 e. The second kappa shape index (κ2) is 8.99. The molecule has 3 N–H and O–H groups in total. The van der Waals surface area contributed by atoms with Crippen LogP contribution in [0.3, 0.4) is 0 Å². The fourth-order valence-corrected chi connectivity index (χ4v) is 2.71. The van der Waals surface area contributed by atoms with E-state index >= 15 is 0 Å². The fourth-order valence-electron chi connectivity index (χ4n) is 2.35. The number of rotatable bonds is 6. The van der Waals surface area contributed by atoms with Gasteiger partial charge in [0, 0.05) is 6.42 Å². The first-order chi connectivity index (χ1) is 10.6. The smallest absolute Gasteiger partial charge is 0.179 e. The summed E-state index contributed by atoms with van der Waals surface area (Å²) in [6.45, 7) is 0. The van der Waals surface area contributed by atoms with Crippen molar-refractivity contribution in [3.8, 4) is 11.5 Å². The topological polar surface area (TPSA) is 64.7 Å². The first kappa shape index (κ1) is 19.6. The molecule has 0 fully saturated rings. The minimum atomic E-state index is -0.752. The van der Waals surface area contributed by atoms with Gasteiger partial charge in [0.25, 0.3) is 0 Å². The Morgan fingerprint density at radius 1 is 1.09 bits per heavy atom. The predicted molar refractivity (Wildman–Crippen MR) is 94.9 cm³/mol. The van der Waals surface area contributed by atoms with E-state index in [1.807, 2.05) is 30.3 Å². The highest BCUT2D eigenvalue weighted by molar-refractivity contribution is 6.33. The van der Waals surface area contributed by atoms with Crippen molar-refractivity contribution in [2.45, 2.75) is 18.6 Å². The van der Waals surface area contributed by atoms with Crippen LogP contribution in [-0.2, 0) is 6.42 Å². The number of benzene rings is 2. The van der Waals surface area contributed by atoms with E-state index in [-0.39, 0.29) is 12.4 Å². The lowest BCUT2D eigenvalue weighted by atomic mass is 9.96. The van der Waals surface area contributed by atoms with Crippen molar-refractivity contribution in [1.82, 2.24) is 0 Å². The largest absolute Gasteiger partial charge is 0.493 e. The molecule has 0 saturated heterocycles. The third-order valence-corrected chi connectivity index (χ3v) is 3.97. The Hall–Kier alpha value is -1.46. The number of aliphatic hydroxyl groups is 1. The molecule has 23 heavy (non-hydrogen) atoms. The zero-order chi connectivity index (χ0) is 16.1. The van der Waals surface area contributed by atoms with Crippen LogP contribution in [0.1, 0.15) is 17.2 Å². The summed E-state index contributed by atoms with van der Waals surface area (Å²) in [5.74, 6) is 0.949. The molecule has 2 rings (SSSR count). The number of hydrogen-bond donors (Lipinski definition) is 2. The first-order valence-corrected chi connectivity index (χ1v) is 7.34. The van der Waals surface area contributed by atoms with Crippen molar-refractivity contribution in [2.75, 3.05) is 14.2 Å². The Bertz CT molecular complexity index is 623. The van der Waals surface area contributed by atoms with E-state index in [0.717, 1.165) is 5.56 Å². The number of nitrogens with two attached hydrogens (primary N) is 1. The molecule has 2 aromatic rings. The van der Waals surface area contributed by atoms with Gasteiger partial charge in [0.2, 0.25) is 0 Å². The van der Waals surface area contributed by atoms with Crippen LogP contribution in [0, 0.1) is 0 Å². The van der Waals surface area contributed by atoms with Gasteiger partial charge in [-0.25, -0.2) is 0 Å². The molecule has 0 heterocycles. The number of halogens is 2. The van der Waals surface area contributed by atoms with Crippen LogP contribution < -0.4 is 15.2 Å². The van der Waals surface area contributed by atoms with E-state index in [9.17, 15) is 5.11 Å². The molecule has 126 valence electrons. The standard InChI is InChI=1S/C17H20ClNO3.ClH/c1-21-14-9-8-12(15(18)17(14)22-2)16(19)13(20)10-11-6-4-3-5-7-11;/h3-9,13,16,20H,10,19H2,1-2H3;1H/t13-,16+;/m1./s1. The summed E-state index contributed by atoms with van der Waals surface area (Å²) in [6, 6.07) is 12.6. The fraction of sp³-hybridized carbons (Fsp3) is 0.294. The molecule has 2 atom stereocenters. The summed E-state index contributed by atoms with van der Waals surface area (Å²) in [6.07, 6.45) is -0.301. The monoisotopic (exact) mass is 357 g/mol. The minimum Gasteiger partial charge on any atom is -0.493 e. The highest BCUT2D eigenvalue weighted by atomic mass is 35.5. The number of aliphatic hydroxyl groups excluding tert-OH is 1. The van der Waals surface area contributed by atoms with Gasteiger partial charge in [-0.2, -0.15) is 0 Å². The first-order valence-electron chi connectivity index (χ1n) is 6.96. The lowest BCUT2D eigenvalue weighted by Gasteiger charge is -2.22. The van der Waals surface area contributed by atoms with Crippen LogP contribution in [0.15, 0.2) is 42.5 Å². The molecule has 6 heteroatoms. The Morgan fingerprint density at radius 3 is 2.30 bits per heavy atom. The van der Waals surface area contributed by atoms with Gasteiger partial charge in [-0.3, -0.25) is 0 Å². The molecule has 0 spiro atoms. The summed E-state index contributed by atoms with van der Waals surface area (Å²) in [5, 5.41) is 10.7. The normalized spacial score (nSPS) is 12.9. The average molecular weight is 358 g/mol. The lowest BCUT2D eigenvalue weighted by molar-refractivity contribution is 0.145. The number of ether oxygens (including phenoxy) is 2. The Kier molecular flexibility index (Phi) is 7.65.